The maximum absolute atomic E-state index is 13.7. The zero-order chi connectivity index (χ0) is 12.4. The summed E-state index contributed by atoms with van der Waals surface area (Å²) in [5, 5.41) is 0. The van der Waals surface area contributed by atoms with E-state index >= 15 is 0 Å². The lowest BCUT2D eigenvalue weighted by atomic mass is 9.87. The van der Waals surface area contributed by atoms with Crippen molar-refractivity contribution >= 4 is 7.12 Å². The number of halogens is 1. The lowest BCUT2D eigenvalue weighted by molar-refractivity contribution is 0.00578. The molecule has 0 spiro atoms. The summed E-state index contributed by atoms with van der Waals surface area (Å²) in [4.78, 5) is 0. The minimum Gasteiger partial charge on any atom is -0.398 e. The van der Waals surface area contributed by atoms with E-state index in [1.165, 1.54) is 6.08 Å². The van der Waals surface area contributed by atoms with Crippen LogP contribution < -0.4 is 0 Å². The van der Waals surface area contributed by atoms with Crippen LogP contribution in [-0.2, 0) is 9.31 Å². The largest absolute Gasteiger partial charge is 0.524 e. The van der Waals surface area contributed by atoms with E-state index in [2.05, 4.69) is 5.92 Å². The van der Waals surface area contributed by atoms with Gasteiger partial charge < -0.3 is 9.31 Å². The average molecular weight is 224 g/mol. The summed E-state index contributed by atoms with van der Waals surface area (Å²) in [6.45, 7) is 7.56. The fourth-order valence-electron chi connectivity index (χ4n) is 1.35. The SMILES string of the molecule is C#CCCC=C(F)B1OC(C)(C)C(C)(C)O1. The molecular weight excluding hydrogens is 206 g/mol. The quantitative estimate of drug-likeness (QED) is 0.417. The van der Waals surface area contributed by atoms with Crippen molar-refractivity contribution in [3.63, 3.8) is 0 Å². The Kier molecular flexibility index (Phi) is 3.82. The van der Waals surface area contributed by atoms with Gasteiger partial charge in [0.1, 0.15) is 5.73 Å². The topological polar surface area (TPSA) is 18.5 Å². The van der Waals surface area contributed by atoms with Crippen molar-refractivity contribution in [1.29, 1.82) is 0 Å². The smallest absolute Gasteiger partial charge is 0.398 e. The second kappa shape index (κ2) is 4.61. The molecule has 1 fully saturated rings. The molecule has 0 amide bonds. The molecule has 0 bridgehead atoms. The van der Waals surface area contributed by atoms with Crippen LogP contribution in [0.5, 0.6) is 0 Å². The van der Waals surface area contributed by atoms with E-state index in [9.17, 15) is 4.39 Å². The first-order valence-corrected chi connectivity index (χ1v) is 5.45. The maximum atomic E-state index is 13.7. The second-order valence-electron chi connectivity index (χ2n) is 4.92. The monoisotopic (exact) mass is 224 g/mol. The number of terminal acetylenes is 1. The van der Waals surface area contributed by atoms with Crippen LogP contribution in [0.2, 0.25) is 0 Å². The molecule has 0 aromatic heterocycles. The summed E-state index contributed by atoms with van der Waals surface area (Å²) in [7, 11) is -0.900. The Morgan fingerprint density at radius 3 is 2.25 bits per heavy atom. The summed E-state index contributed by atoms with van der Waals surface area (Å²) in [6.07, 6.45) is 7.55. The molecule has 0 aromatic carbocycles. The second-order valence-corrected chi connectivity index (χ2v) is 4.92. The predicted octanol–water partition coefficient (Wildman–Crippen LogP) is 2.88. The number of hydrogen-bond acceptors (Lipinski definition) is 2. The first-order valence-electron chi connectivity index (χ1n) is 5.45. The summed E-state index contributed by atoms with van der Waals surface area (Å²) in [5.74, 6) is 2.45. The van der Waals surface area contributed by atoms with E-state index < -0.39 is 24.0 Å². The van der Waals surface area contributed by atoms with Gasteiger partial charge in [0.15, 0.2) is 0 Å². The molecule has 0 unspecified atom stereocenters. The Labute approximate surface area is 97.3 Å². The number of hydrogen-bond donors (Lipinski definition) is 0. The van der Waals surface area contributed by atoms with Crippen molar-refractivity contribution in [2.75, 3.05) is 0 Å². The molecule has 0 saturated carbocycles. The van der Waals surface area contributed by atoms with Crippen LogP contribution in [0.3, 0.4) is 0 Å². The Morgan fingerprint density at radius 2 is 1.81 bits per heavy atom. The van der Waals surface area contributed by atoms with Crippen LogP contribution in [0.25, 0.3) is 0 Å². The van der Waals surface area contributed by atoms with E-state index in [1.807, 2.05) is 27.7 Å². The Morgan fingerprint density at radius 1 is 1.31 bits per heavy atom. The molecule has 0 radical (unpaired) electrons. The fourth-order valence-corrected chi connectivity index (χ4v) is 1.35. The molecule has 0 N–H and O–H groups in total. The molecule has 0 aromatic rings. The molecular formula is C12H18BFO2. The third-order valence-corrected chi connectivity index (χ3v) is 3.11. The standard InChI is InChI=1S/C12H18BFO2/c1-6-7-8-9-10(14)13-15-11(2,3)12(4,5)16-13/h1,9H,7-8H2,2-5H3. The third kappa shape index (κ3) is 2.66. The van der Waals surface area contributed by atoms with Crippen LogP contribution in [-0.4, -0.2) is 18.3 Å². The summed E-state index contributed by atoms with van der Waals surface area (Å²) in [5.41, 5.74) is -1.40. The molecule has 1 rings (SSSR count). The average Bonchev–Trinajstić information content (AvgIpc) is 2.36. The molecule has 88 valence electrons. The summed E-state index contributed by atoms with van der Waals surface area (Å²) < 4.78 is 24.7. The molecule has 16 heavy (non-hydrogen) atoms. The van der Waals surface area contributed by atoms with Gasteiger partial charge in [-0.15, -0.1) is 12.3 Å². The van der Waals surface area contributed by atoms with Crippen molar-refractivity contribution in [2.24, 2.45) is 0 Å². The minimum atomic E-state index is -0.900. The van der Waals surface area contributed by atoms with Crippen LogP contribution in [0.1, 0.15) is 40.5 Å². The van der Waals surface area contributed by atoms with Gasteiger partial charge in [-0.05, 0) is 34.1 Å². The maximum Gasteiger partial charge on any atom is 0.524 e. The van der Waals surface area contributed by atoms with Crippen LogP contribution in [0.15, 0.2) is 11.8 Å². The highest BCUT2D eigenvalue weighted by Gasteiger charge is 2.52. The highest BCUT2D eigenvalue weighted by atomic mass is 19.1. The number of unbranched alkanes of at least 4 members (excludes halogenated alkanes) is 1. The van der Waals surface area contributed by atoms with Crippen molar-refractivity contribution in [3.05, 3.63) is 11.8 Å². The number of rotatable bonds is 3. The zero-order valence-corrected chi connectivity index (χ0v) is 10.3. The summed E-state index contributed by atoms with van der Waals surface area (Å²) in [6, 6.07) is 0. The van der Waals surface area contributed by atoms with E-state index in [1.54, 1.807) is 0 Å². The molecule has 1 aliphatic rings. The third-order valence-electron chi connectivity index (χ3n) is 3.11. The van der Waals surface area contributed by atoms with E-state index in [0.29, 0.717) is 12.8 Å². The van der Waals surface area contributed by atoms with Gasteiger partial charge in [0.25, 0.3) is 0 Å². The van der Waals surface area contributed by atoms with Crippen molar-refractivity contribution in [1.82, 2.24) is 0 Å². The molecule has 1 aliphatic heterocycles. The van der Waals surface area contributed by atoms with Crippen molar-refractivity contribution in [2.45, 2.75) is 51.7 Å². The van der Waals surface area contributed by atoms with E-state index in [-0.39, 0.29) is 0 Å². The molecule has 1 heterocycles. The lowest BCUT2D eigenvalue weighted by Gasteiger charge is -2.32. The molecule has 0 atom stereocenters. The van der Waals surface area contributed by atoms with Gasteiger partial charge in [0, 0.05) is 6.42 Å². The van der Waals surface area contributed by atoms with Gasteiger partial charge in [0.05, 0.1) is 11.2 Å². The molecule has 1 saturated heterocycles. The van der Waals surface area contributed by atoms with Gasteiger partial charge >= 0.3 is 7.12 Å². The molecule has 2 nitrogen and oxygen atoms in total. The Balaban J connectivity index is 2.66. The zero-order valence-electron chi connectivity index (χ0n) is 10.3. The van der Waals surface area contributed by atoms with Gasteiger partial charge in [-0.1, -0.05) is 6.08 Å². The molecule has 0 aliphatic carbocycles. The minimum absolute atomic E-state index is 0.395. The highest BCUT2D eigenvalue weighted by Crippen LogP contribution is 2.38. The van der Waals surface area contributed by atoms with Gasteiger partial charge in [-0.2, -0.15) is 0 Å². The van der Waals surface area contributed by atoms with Crippen molar-refractivity contribution < 1.29 is 13.7 Å². The lowest BCUT2D eigenvalue weighted by Crippen LogP contribution is -2.41. The fraction of sp³-hybridized carbons (Fsp3) is 0.667. The van der Waals surface area contributed by atoms with Crippen LogP contribution in [0, 0.1) is 12.3 Å². The number of allylic oxidation sites excluding steroid dienone is 1. The normalized spacial score (nSPS) is 23.2. The van der Waals surface area contributed by atoms with Gasteiger partial charge in [-0.3, -0.25) is 0 Å². The van der Waals surface area contributed by atoms with Gasteiger partial charge in [0.2, 0.25) is 0 Å². The summed E-state index contributed by atoms with van der Waals surface area (Å²) >= 11 is 0. The first kappa shape index (κ1) is 13.3. The van der Waals surface area contributed by atoms with E-state index in [0.717, 1.165) is 0 Å². The van der Waals surface area contributed by atoms with Crippen molar-refractivity contribution in [3.8, 4) is 12.3 Å². The van der Waals surface area contributed by atoms with E-state index in [4.69, 9.17) is 15.7 Å². The Hall–Kier alpha value is -0.785. The van der Waals surface area contributed by atoms with Gasteiger partial charge in [-0.25, -0.2) is 4.39 Å². The predicted molar refractivity (Wildman–Crippen MR) is 63.3 cm³/mol. The van der Waals surface area contributed by atoms with Crippen LogP contribution in [0.4, 0.5) is 4.39 Å². The highest BCUT2D eigenvalue weighted by molar-refractivity contribution is 6.53. The van der Waals surface area contributed by atoms with Crippen LogP contribution >= 0.6 is 0 Å². The Bertz CT molecular complexity index is 312. The first-order chi connectivity index (χ1) is 7.30. The molecule has 4 heteroatoms.